The van der Waals surface area contributed by atoms with Crippen molar-refractivity contribution in [3.63, 3.8) is 0 Å². The van der Waals surface area contributed by atoms with Gasteiger partial charge in [0.1, 0.15) is 6.61 Å². The van der Waals surface area contributed by atoms with Crippen molar-refractivity contribution in [2.45, 2.75) is 26.9 Å². The Morgan fingerprint density at radius 2 is 1.94 bits per heavy atom. The van der Waals surface area contributed by atoms with E-state index in [0.29, 0.717) is 13.1 Å². The van der Waals surface area contributed by atoms with Gasteiger partial charge >= 0.3 is 0 Å². The van der Waals surface area contributed by atoms with E-state index in [4.69, 9.17) is 10.5 Å². The van der Waals surface area contributed by atoms with Crippen molar-refractivity contribution in [1.29, 1.82) is 0 Å². The third kappa shape index (κ3) is 2.40. The summed E-state index contributed by atoms with van der Waals surface area (Å²) in [4.78, 5) is 13.8. The van der Waals surface area contributed by atoms with E-state index in [-0.39, 0.29) is 18.6 Å². The van der Waals surface area contributed by atoms with Crippen LogP contribution in [0.25, 0.3) is 0 Å². The summed E-state index contributed by atoms with van der Waals surface area (Å²) in [5.74, 6) is 0.00903. The van der Waals surface area contributed by atoms with E-state index in [1.165, 1.54) is 5.56 Å². The normalized spacial score (nSPS) is 20.3. The Labute approximate surface area is 108 Å². The number of aryl methyl sites for hydroxylation is 3. The van der Waals surface area contributed by atoms with Crippen LogP contribution in [0.2, 0.25) is 0 Å². The summed E-state index contributed by atoms with van der Waals surface area (Å²) in [6.07, 6.45) is -0.0668. The molecule has 2 N–H and O–H groups in total. The van der Waals surface area contributed by atoms with Crippen LogP contribution in [0.15, 0.2) is 12.1 Å². The van der Waals surface area contributed by atoms with E-state index >= 15 is 0 Å². The van der Waals surface area contributed by atoms with Crippen molar-refractivity contribution in [1.82, 2.24) is 0 Å². The quantitative estimate of drug-likeness (QED) is 0.858. The number of ether oxygens (including phenoxy) is 1. The van der Waals surface area contributed by atoms with Crippen LogP contribution in [-0.4, -0.2) is 31.7 Å². The first-order chi connectivity index (χ1) is 8.52. The van der Waals surface area contributed by atoms with E-state index in [1.807, 2.05) is 18.7 Å². The van der Waals surface area contributed by atoms with Crippen LogP contribution in [0, 0.1) is 20.8 Å². The molecule has 1 heterocycles. The fourth-order valence-electron chi connectivity index (χ4n) is 2.58. The monoisotopic (exact) mass is 248 g/mol. The molecule has 1 atom stereocenters. The molecule has 1 aliphatic rings. The number of hydrogen-bond acceptors (Lipinski definition) is 3. The van der Waals surface area contributed by atoms with Crippen LogP contribution in [0.1, 0.15) is 16.7 Å². The fourth-order valence-corrected chi connectivity index (χ4v) is 2.58. The minimum atomic E-state index is -0.0668. The first-order valence-electron chi connectivity index (χ1n) is 6.22. The Kier molecular flexibility index (Phi) is 3.68. The number of rotatable bonds is 2. The molecule has 1 aromatic rings. The third-order valence-electron chi connectivity index (χ3n) is 3.30. The van der Waals surface area contributed by atoms with Gasteiger partial charge in [0.15, 0.2) is 0 Å². The largest absolute Gasteiger partial charge is 0.365 e. The second-order valence-corrected chi connectivity index (χ2v) is 4.92. The summed E-state index contributed by atoms with van der Waals surface area (Å²) < 4.78 is 5.38. The predicted molar refractivity (Wildman–Crippen MR) is 71.8 cm³/mol. The molecular weight excluding hydrogens is 228 g/mol. The molecule has 18 heavy (non-hydrogen) atoms. The summed E-state index contributed by atoms with van der Waals surface area (Å²) in [5, 5.41) is 0. The van der Waals surface area contributed by atoms with Crippen LogP contribution in [0.5, 0.6) is 0 Å². The van der Waals surface area contributed by atoms with E-state index in [1.54, 1.807) is 0 Å². The summed E-state index contributed by atoms with van der Waals surface area (Å²) in [7, 11) is 0. The zero-order chi connectivity index (χ0) is 13.3. The molecule has 0 spiro atoms. The lowest BCUT2D eigenvalue weighted by atomic mass is 10.0. The molecule has 1 fully saturated rings. The molecular formula is C14H20N2O2. The minimum absolute atomic E-state index is 0.00903. The van der Waals surface area contributed by atoms with Crippen molar-refractivity contribution < 1.29 is 9.53 Å². The lowest BCUT2D eigenvalue weighted by Crippen LogP contribution is -2.49. The van der Waals surface area contributed by atoms with Crippen LogP contribution >= 0.6 is 0 Å². The number of nitrogens with zero attached hydrogens (tertiary/aromatic N) is 1. The van der Waals surface area contributed by atoms with Gasteiger partial charge in [-0.15, -0.1) is 0 Å². The third-order valence-corrected chi connectivity index (χ3v) is 3.30. The molecule has 0 aliphatic carbocycles. The van der Waals surface area contributed by atoms with Crippen LogP contribution in [0.3, 0.4) is 0 Å². The minimum Gasteiger partial charge on any atom is -0.365 e. The van der Waals surface area contributed by atoms with Gasteiger partial charge in [0.2, 0.25) is 0 Å². The first kappa shape index (κ1) is 13.1. The molecule has 98 valence electrons. The summed E-state index contributed by atoms with van der Waals surface area (Å²) >= 11 is 0. The molecule has 0 saturated carbocycles. The molecule has 0 radical (unpaired) electrons. The van der Waals surface area contributed by atoms with Gasteiger partial charge in [0, 0.05) is 12.2 Å². The average molecular weight is 248 g/mol. The molecule has 1 unspecified atom stereocenters. The number of anilines is 1. The first-order valence-corrected chi connectivity index (χ1v) is 6.22. The number of benzene rings is 1. The highest BCUT2D eigenvalue weighted by atomic mass is 16.5. The van der Waals surface area contributed by atoms with Gasteiger partial charge in [-0.05, 0) is 31.9 Å². The molecule has 1 saturated heterocycles. The Hall–Kier alpha value is -1.39. The fraction of sp³-hybridized carbons (Fsp3) is 0.500. The summed E-state index contributed by atoms with van der Waals surface area (Å²) in [5.41, 5.74) is 10.1. The SMILES string of the molecule is Cc1cc(C)c(N2CC(CN)OCC2=O)c(C)c1. The maximum atomic E-state index is 12.0. The van der Waals surface area contributed by atoms with E-state index in [2.05, 4.69) is 19.1 Å². The average Bonchev–Trinajstić information content (AvgIpc) is 2.30. The lowest BCUT2D eigenvalue weighted by molar-refractivity contribution is -0.128. The number of nitrogens with two attached hydrogens (primary N) is 1. The van der Waals surface area contributed by atoms with Crippen LogP contribution < -0.4 is 10.6 Å². The Morgan fingerprint density at radius 1 is 1.33 bits per heavy atom. The highest BCUT2D eigenvalue weighted by Crippen LogP contribution is 2.28. The van der Waals surface area contributed by atoms with Crippen molar-refractivity contribution in [3.05, 3.63) is 28.8 Å². The van der Waals surface area contributed by atoms with E-state index in [0.717, 1.165) is 16.8 Å². The second kappa shape index (κ2) is 5.08. The van der Waals surface area contributed by atoms with E-state index in [9.17, 15) is 4.79 Å². The predicted octanol–water partition coefficient (Wildman–Crippen LogP) is 1.30. The van der Waals surface area contributed by atoms with E-state index < -0.39 is 0 Å². The topological polar surface area (TPSA) is 55.6 Å². The molecule has 0 bridgehead atoms. The second-order valence-electron chi connectivity index (χ2n) is 4.92. The van der Waals surface area contributed by atoms with Gasteiger partial charge in [0.05, 0.1) is 12.6 Å². The zero-order valence-electron chi connectivity index (χ0n) is 11.2. The smallest absolute Gasteiger partial charge is 0.253 e. The maximum absolute atomic E-state index is 12.0. The Balaban J connectivity index is 2.37. The molecule has 2 rings (SSSR count). The molecule has 1 aromatic carbocycles. The Bertz CT molecular complexity index is 448. The summed E-state index contributed by atoms with van der Waals surface area (Å²) in [6, 6.07) is 4.20. The van der Waals surface area contributed by atoms with Gasteiger partial charge in [-0.2, -0.15) is 0 Å². The number of carbonyl (C=O) groups is 1. The van der Waals surface area contributed by atoms with Crippen molar-refractivity contribution in [2.24, 2.45) is 5.73 Å². The Morgan fingerprint density at radius 3 is 2.50 bits per heavy atom. The highest BCUT2D eigenvalue weighted by molar-refractivity contribution is 5.96. The molecule has 4 nitrogen and oxygen atoms in total. The maximum Gasteiger partial charge on any atom is 0.253 e. The van der Waals surface area contributed by atoms with Crippen LogP contribution in [0.4, 0.5) is 5.69 Å². The van der Waals surface area contributed by atoms with Gasteiger partial charge in [-0.3, -0.25) is 4.79 Å². The molecule has 1 aliphatic heterocycles. The molecule has 0 aromatic heterocycles. The van der Waals surface area contributed by atoms with Gasteiger partial charge < -0.3 is 15.4 Å². The number of hydrogen-bond donors (Lipinski definition) is 1. The summed E-state index contributed by atoms with van der Waals surface area (Å²) in [6.45, 7) is 7.24. The van der Waals surface area contributed by atoms with Crippen molar-refractivity contribution in [2.75, 3.05) is 24.6 Å². The molecule has 1 amide bonds. The zero-order valence-corrected chi connectivity index (χ0v) is 11.2. The van der Waals surface area contributed by atoms with Gasteiger partial charge in [-0.25, -0.2) is 0 Å². The van der Waals surface area contributed by atoms with Crippen LogP contribution in [-0.2, 0) is 9.53 Å². The number of amides is 1. The molecule has 4 heteroatoms. The number of morpholine rings is 1. The van der Waals surface area contributed by atoms with Crippen molar-refractivity contribution in [3.8, 4) is 0 Å². The van der Waals surface area contributed by atoms with Crippen molar-refractivity contribution >= 4 is 11.6 Å². The highest BCUT2D eigenvalue weighted by Gasteiger charge is 2.28. The standard InChI is InChI=1S/C14H20N2O2/c1-9-4-10(2)14(11(3)5-9)16-7-12(6-15)18-8-13(16)17/h4-5,12H,6-8,15H2,1-3H3. The van der Waals surface area contributed by atoms with Gasteiger partial charge in [0.25, 0.3) is 5.91 Å². The lowest BCUT2D eigenvalue weighted by Gasteiger charge is -2.34. The number of carbonyl (C=O) groups excluding carboxylic acids is 1. The van der Waals surface area contributed by atoms with Gasteiger partial charge in [-0.1, -0.05) is 17.7 Å².